The summed E-state index contributed by atoms with van der Waals surface area (Å²) in [5, 5.41) is 2.94. The van der Waals surface area contributed by atoms with Crippen molar-refractivity contribution in [2.75, 3.05) is 6.54 Å². The first kappa shape index (κ1) is 12.1. The van der Waals surface area contributed by atoms with E-state index >= 15 is 0 Å². The molecule has 0 spiro atoms. The van der Waals surface area contributed by atoms with Crippen LogP contribution in [0, 0.1) is 5.82 Å². The molecule has 0 radical (unpaired) electrons. The molecule has 1 rings (SSSR count). The van der Waals surface area contributed by atoms with Gasteiger partial charge in [0, 0.05) is 29.5 Å². The second-order valence-electron chi connectivity index (χ2n) is 3.13. The van der Waals surface area contributed by atoms with Gasteiger partial charge in [0.1, 0.15) is 5.82 Å². The second-order valence-corrected chi connectivity index (χ2v) is 4.04. The smallest absolute Gasteiger partial charge is 0.218 e. The van der Waals surface area contributed by atoms with E-state index in [1.165, 1.54) is 6.07 Å². The van der Waals surface area contributed by atoms with Crippen LogP contribution in [0.2, 0.25) is 0 Å². The van der Waals surface area contributed by atoms with Crippen LogP contribution in [-0.4, -0.2) is 12.5 Å². The molecule has 1 amide bonds. The Kier molecular flexibility index (Phi) is 4.71. The van der Waals surface area contributed by atoms with Gasteiger partial charge in [-0.25, -0.2) is 4.39 Å². The number of hydrogen-bond acceptors (Lipinski definition) is 2. The Morgan fingerprint density at radius 2 is 2.27 bits per heavy atom. The Morgan fingerprint density at radius 3 is 2.87 bits per heavy atom. The lowest BCUT2D eigenvalue weighted by Crippen LogP contribution is -2.21. The van der Waals surface area contributed by atoms with Crippen molar-refractivity contribution < 1.29 is 9.18 Å². The lowest BCUT2D eigenvalue weighted by Gasteiger charge is -2.05. The van der Waals surface area contributed by atoms with E-state index in [1.54, 1.807) is 12.1 Å². The number of carbonyl (C=O) groups excluding carboxylic acids is 1. The maximum Gasteiger partial charge on any atom is 0.218 e. The third-order valence-corrected chi connectivity index (χ3v) is 2.37. The molecule has 0 aliphatic rings. The molecule has 1 aromatic carbocycles. The van der Waals surface area contributed by atoms with Crippen LogP contribution >= 0.6 is 15.9 Å². The fraction of sp³-hybridized carbons (Fsp3) is 0.300. The molecular formula is C10H12BrFN2O. The number of amides is 1. The molecule has 1 aromatic rings. The highest BCUT2D eigenvalue weighted by Crippen LogP contribution is 2.14. The van der Waals surface area contributed by atoms with Crippen LogP contribution in [0.3, 0.4) is 0 Å². The quantitative estimate of drug-likeness (QED) is 0.801. The molecule has 0 aromatic heterocycles. The zero-order valence-electron chi connectivity index (χ0n) is 8.09. The highest BCUT2D eigenvalue weighted by Gasteiger charge is 2.02. The van der Waals surface area contributed by atoms with E-state index in [0.717, 1.165) is 0 Å². The number of nitrogens with two attached hydrogens (primary N) is 1. The van der Waals surface area contributed by atoms with Gasteiger partial charge in [0.25, 0.3) is 0 Å². The highest BCUT2D eigenvalue weighted by atomic mass is 79.9. The van der Waals surface area contributed by atoms with Crippen molar-refractivity contribution in [1.29, 1.82) is 0 Å². The van der Waals surface area contributed by atoms with Crippen molar-refractivity contribution in [3.8, 4) is 0 Å². The van der Waals surface area contributed by atoms with Gasteiger partial charge in [0.15, 0.2) is 0 Å². The van der Waals surface area contributed by atoms with Crippen molar-refractivity contribution in [3.05, 3.63) is 34.1 Å². The fourth-order valence-electron chi connectivity index (χ4n) is 1.10. The summed E-state index contributed by atoms with van der Waals surface area (Å²) in [5.74, 6) is -0.630. The molecule has 0 fully saturated rings. The Balaban J connectivity index is 2.40. The average molecular weight is 275 g/mol. The van der Waals surface area contributed by atoms with E-state index in [2.05, 4.69) is 21.2 Å². The second kappa shape index (κ2) is 5.82. The molecule has 0 atom stereocenters. The molecule has 0 bridgehead atoms. The molecule has 0 saturated carbocycles. The zero-order valence-corrected chi connectivity index (χ0v) is 9.68. The summed E-state index contributed by atoms with van der Waals surface area (Å²) in [5.41, 5.74) is 5.53. The summed E-state index contributed by atoms with van der Waals surface area (Å²) < 4.78 is 14.0. The molecule has 15 heavy (non-hydrogen) atoms. The average Bonchev–Trinajstić information content (AvgIpc) is 2.14. The Labute approximate surface area is 96.0 Å². The Hall–Kier alpha value is -0.940. The van der Waals surface area contributed by atoms with Crippen LogP contribution in [0.5, 0.6) is 0 Å². The lowest BCUT2D eigenvalue weighted by atomic mass is 10.2. The predicted molar refractivity (Wildman–Crippen MR) is 59.6 cm³/mol. The van der Waals surface area contributed by atoms with Gasteiger partial charge < -0.3 is 11.1 Å². The standard InChI is InChI=1S/C10H12BrFN2O/c11-8-2-1-7(9(12)5-8)6-14-4-3-10(13)15/h1-2,5,14H,3-4,6H2,(H2,13,15). The van der Waals surface area contributed by atoms with Crippen molar-refractivity contribution in [1.82, 2.24) is 5.32 Å². The van der Waals surface area contributed by atoms with Crippen LogP contribution in [0.25, 0.3) is 0 Å². The van der Waals surface area contributed by atoms with Gasteiger partial charge in [0.2, 0.25) is 5.91 Å². The summed E-state index contributed by atoms with van der Waals surface area (Å²) in [7, 11) is 0. The lowest BCUT2D eigenvalue weighted by molar-refractivity contribution is -0.117. The van der Waals surface area contributed by atoms with Gasteiger partial charge in [-0.2, -0.15) is 0 Å². The third-order valence-electron chi connectivity index (χ3n) is 1.88. The van der Waals surface area contributed by atoms with Crippen LogP contribution in [-0.2, 0) is 11.3 Å². The monoisotopic (exact) mass is 274 g/mol. The number of carbonyl (C=O) groups is 1. The summed E-state index contributed by atoms with van der Waals surface area (Å²) in [6, 6.07) is 4.87. The fourth-order valence-corrected chi connectivity index (χ4v) is 1.43. The van der Waals surface area contributed by atoms with E-state index in [-0.39, 0.29) is 18.1 Å². The van der Waals surface area contributed by atoms with Gasteiger partial charge in [-0.1, -0.05) is 22.0 Å². The van der Waals surface area contributed by atoms with E-state index in [1.807, 2.05) is 0 Å². The molecule has 3 nitrogen and oxygen atoms in total. The minimum atomic E-state index is -0.362. The predicted octanol–water partition coefficient (Wildman–Crippen LogP) is 1.55. The number of hydrogen-bond donors (Lipinski definition) is 2. The van der Waals surface area contributed by atoms with E-state index in [0.29, 0.717) is 23.1 Å². The molecule has 0 unspecified atom stereocenters. The summed E-state index contributed by atoms with van der Waals surface area (Å²) in [4.78, 5) is 10.4. The number of rotatable bonds is 5. The maximum absolute atomic E-state index is 13.3. The minimum Gasteiger partial charge on any atom is -0.370 e. The van der Waals surface area contributed by atoms with Gasteiger partial charge in [0.05, 0.1) is 0 Å². The van der Waals surface area contributed by atoms with E-state index in [9.17, 15) is 9.18 Å². The Bertz CT molecular complexity index is 357. The third kappa shape index (κ3) is 4.40. The van der Waals surface area contributed by atoms with Crippen molar-refractivity contribution >= 4 is 21.8 Å². The largest absolute Gasteiger partial charge is 0.370 e. The number of halogens is 2. The zero-order chi connectivity index (χ0) is 11.3. The highest BCUT2D eigenvalue weighted by molar-refractivity contribution is 9.10. The SMILES string of the molecule is NC(=O)CCNCc1ccc(Br)cc1F. The van der Waals surface area contributed by atoms with Crippen molar-refractivity contribution in [3.63, 3.8) is 0 Å². The molecule has 5 heteroatoms. The van der Waals surface area contributed by atoms with Crippen LogP contribution in [0.15, 0.2) is 22.7 Å². The van der Waals surface area contributed by atoms with Gasteiger partial charge >= 0.3 is 0 Å². The van der Waals surface area contributed by atoms with Gasteiger partial charge in [-0.05, 0) is 12.1 Å². The van der Waals surface area contributed by atoms with Gasteiger partial charge in [-0.15, -0.1) is 0 Å². The summed E-state index contributed by atoms with van der Waals surface area (Å²) in [6.07, 6.45) is 0.262. The van der Waals surface area contributed by atoms with E-state index in [4.69, 9.17) is 5.73 Å². The number of benzene rings is 1. The molecule has 82 valence electrons. The van der Waals surface area contributed by atoms with Crippen LogP contribution in [0.1, 0.15) is 12.0 Å². The van der Waals surface area contributed by atoms with Crippen LogP contribution in [0.4, 0.5) is 4.39 Å². The van der Waals surface area contributed by atoms with Crippen LogP contribution < -0.4 is 11.1 Å². The Morgan fingerprint density at radius 1 is 1.53 bits per heavy atom. The molecule has 0 heterocycles. The first-order chi connectivity index (χ1) is 7.09. The van der Waals surface area contributed by atoms with Crippen molar-refractivity contribution in [2.24, 2.45) is 5.73 Å². The van der Waals surface area contributed by atoms with Crippen molar-refractivity contribution in [2.45, 2.75) is 13.0 Å². The summed E-state index contributed by atoms with van der Waals surface area (Å²) in [6.45, 7) is 0.858. The molecule has 0 saturated heterocycles. The number of primary amides is 1. The van der Waals surface area contributed by atoms with E-state index < -0.39 is 0 Å². The number of nitrogens with one attached hydrogen (secondary N) is 1. The molecule has 3 N–H and O–H groups in total. The normalized spacial score (nSPS) is 10.3. The molecule has 0 aliphatic carbocycles. The topological polar surface area (TPSA) is 55.1 Å². The summed E-state index contributed by atoms with van der Waals surface area (Å²) >= 11 is 3.18. The first-order valence-electron chi connectivity index (χ1n) is 4.52. The molecule has 0 aliphatic heterocycles. The minimum absolute atomic E-state index is 0.262. The maximum atomic E-state index is 13.3. The first-order valence-corrected chi connectivity index (χ1v) is 5.32. The molecular weight excluding hydrogens is 263 g/mol. The van der Waals surface area contributed by atoms with Gasteiger partial charge in [-0.3, -0.25) is 4.79 Å².